The topological polar surface area (TPSA) is 38.5 Å². The third kappa shape index (κ3) is 3.17. The van der Waals surface area contributed by atoms with Crippen molar-refractivity contribution in [2.24, 2.45) is 11.8 Å². The lowest BCUT2D eigenvalue weighted by atomic mass is 9.95. The standard InChI is InChI=1S/C16H25FN2O/c1-4-7-20-16-9-15(14(18)8-13(16)17)19-6-5-12(10-19)11(2)3/h8-9,11-12H,4-7,10,18H2,1-3H3. The number of nitrogens with two attached hydrogens (primary N) is 1. The number of nitrogens with zero attached hydrogens (tertiary/aromatic N) is 1. The third-order valence-corrected chi connectivity index (χ3v) is 4.05. The van der Waals surface area contributed by atoms with E-state index in [2.05, 4.69) is 18.7 Å². The third-order valence-electron chi connectivity index (χ3n) is 4.05. The van der Waals surface area contributed by atoms with E-state index in [1.54, 1.807) is 6.07 Å². The van der Waals surface area contributed by atoms with E-state index >= 15 is 0 Å². The number of halogens is 1. The monoisotopic (exact) mass is 280 g/mol. The predicted molar refractivity (Wildman–Crippen MR) is 81.8 cm³/mol. The molecule has 0 saturated carbocycles. The van der Waals surface area contributed by atoms with Crippen molar-refractivity contribution in [3.63, 3.8) is 0 Å². The average molecular weight is 280 g/mol. The Labute approximate surface area is 120 Å². The van der Waals surface area contributed by atoms with Crippen molar-refractivity contribution in [1.82, 2.24) is 0 Å². The van der Waals surface area contributed by atoms with Crippen LogP contribution in [-0.2, 0) is 0 Å². The number of anilines is 2. The van der Waals surface area contributed by atoms with Gasteiger partial charge in [-0.15, -0.1) is 0 Å². The molecule has 1 aromatic carbocycles. The Hall–Kier alpha value is -1.45. The van der Waals surface area contributed by atoms with Gasteiger partial charge in [-0.05, 0) is 24.7 Å². The Morgan fingerprint density at radius 3 is 2.80 bits per heavy atom. The maximum atomic E-state index is 13.8. The van der Waals surface area contributed by atoms with Gasteiger partial charge < -0.3 is 15.4 Å². The van der Waals surface area contributed by atoms with Crippen molar-refractivity contribution >= 4 is 11.4 Å². The molecule has 1 aliphatic rings. The number of hydrogen-bond acceptors (Lipinski definition) is 3. The molecular weight excluding hydrogens is 255 g/mol. The lowest BCUT2D eigenvalue weighted by molar-refractivity contribution is 0.301. The van der Waals surface area contributed by atoms with Gasteiger partial charge in [-0.3, -0.25) is 0 Å². The molecule has 1 aliphatic heterocycles. The van der Waals surface area contributed by atoms with E-state index < -0.39 is 0 Å². The van der Waals surface area contributed by atoms with Crippen LogP contribution in [0.25, 0.3) is 0 Å². The van der Waals surface area contributed by atoms with Crippen LogP contribution < -0.4 is 15.4 Å². The highest BCUT2D eigenvalue weighted by molar-refractivity contribution is 5.70. The van der Waals surface area contributed by atoms with Gasteiger partial charge in [0.1, 0.15) is 0 Å². The van der Waals surface area contributed by atoms with Crippen LogP contribution in [-0.4, -0.2) is 19.7 Å². The minimum absolute atomic E-state index is 0.309. The molecule has 0 amide bonds. The highest BCUT2D eigenvalue weighted by Crippen LogP contribution is 2.35. The Balaban J connectivity index is 2.19. The molecule has 0 spiro atoms. The summed E-state index contributed by atoms with van der Waals surface area (Å²) in [5.74, 6) is 1.28. The lowest BCUT2D eigenvalue weighted by Gasteiger charge is -2.22. The molecule has 2 rings (SSSR count). The minimum atomic E-state index is -0.376. The molecule has 1 heterocycles. The molecule has 1 saturated heterocycles. The van der Waals surface area contributed by atoms with Gasteiger partial charge in [0.05, 0.1) is 18.0 Å². The van der Waals surface area contributed by atoms with Crippen molar-refractivity contribution in [1.29, 1.82) is 0 Å². The van der Waals surface area contributed by atoms with Crippen LogP contribution in [0.5, 0.6) is 5.75 Å². The highest BCUT2D eigenvalue weighted by atomic mass is 19.1. The summed E-state index contributed by atoms with van der Waals surface area (Å²) in [6.45, 7) is 8.99. The summed E-state index contributed by atoms with van der Waals surface area (Å²) in [6.07, 6.45) is 2.03. The summed E-state index contributed by atoms with van der Waals surface area (Å²) < 4.78 is 19.3. The molecule has 4 heteroatoms. The second kappa shape index (κ2) is 6.33. The van der Waals surface area contributed by atoms with Crippen LogP contribution >= 0.6 is 0 Å². The highest BCUT2D eigenvalue weighted by Gasteiger charge is 2.26. The second-order valence-electron chi connectivity index (χ2n) is 5.93. The van der Waals surface area contributed by atoms with Crippen LogP contribution in [0, 0.1) is 17.7 Å². The van der Waals surface area contributed by atoms with Crippen molar-refractivity contribution in [3.8, 4) is 5.75 Å². The molecule has 1 fully saturated rings. The molecule has 2 N–H and O–H groups in total. The van der Waals surface area contributed by atoms with Gasteiger partial charge in [0.15, 0.2) is 11.6 Å². The summed E-state index contributed by atoms with van der Waals surface area (Å²) in [7, 11) is 0. The average Bonchev–Trinajstić information content (AvgIpc) is 2.87. The predicted octanol–water partition coefficient (Wildman–Crippen LogP) is 3.68. The fourth-order valence-electron chi connectivity index (χ4n) is 2.70. The molecule has 20 heavy (non-hydrogen) atoms. The molecule has 1 atom stereocenters. The van der Waals surface area contributed by atoms with Crippen molar-refractivity contribution in [2.75, 3.05) is 30.3 Å². The van der Waals surface area contributed by atoms with Gasteiger partial charge in [0.2, 0.25) is 0 Å². The maximum absolute atomic E-state index is 13.8. The fraction of sp³-hybridized carbons (Fsp3) is 0.625. The summed E-state index contributed by atoms with van der Waals surface area (Å²) in [5, 5.41) is 0. The molecule has 0 radical (unpaired) electrons. The SMILES string of the molecule is CCCOc1cc(N2CCC(C(C)C)C2)c(N)cc1F. The molecule has 1 aromatic rings. The van der Waals surface area contributed by atoms with Crippen molar-refractivity contribution in [3.05, 3.63) is 17.9 Å². The maximum Gasteiger partial charge on any atom is 0.167 e. The molecular formula is C16H25FN2O. The van der Waals surface area contributed by atoms with Gasteiger partial charge in [0, 0.05) is 25.2 Å². The van der Waals surface area contributed by atoms with Crippen LogP contribution in [0.15, 0.2) is 12.1 Å². The van der Waals surface area contributed by atoms with E-state index in [4.69, 9.17) is 10.5 Å². The van der Waals surface area contributed by atoms with Crippen LogP contribution in [0.4, 0.5) is 15.8 Å². The Morgan fingerprint density at radius 2 is 2.20 bits per heavy atom. The number of rotatable bonds is 5. The Bertz CT molecular complexity index is 462. The summed E-state index contributed by atoms with van der Waals surface area (Å²) in [6, 6.07) is 3.13. The summed E-state index contributed by atoms with van der Waals surface area (Å²) in [4.78, 5) is 2.25. The van der Waals surface area contributed by atoms with E-state index in [1.165, 1.54) is 12.5 Å². The zero-order valence-electron chi connectivity index (χ0n) is 12.7. The zero-order chi connectivity index (χ0) is 14.7. The smallest absolute Gasteiger partial charge is 0.167 e. The Kier molecular flexibility index (Phi) is 4.73. The molecule has 0 aromatic heterocycles. The molecule has 3 nitrogen and oxygen atoms in total. The minimum Gasteiger partial charge on any atom is -0.490 e. The van der Waals surface area contributed by atoms with Crippen LogP contribution in [0.1, 0.15) is 33.6 Å². The van der Waals surface area contributed by atoms with Crippen LogP contribution in [0.2, 0.25) is 0 Å². The van der Waals surface area contributed by atoms with E-state index in [9.17, 15) is 4.39 Å². The van der Waals surface area contributed by atoms with E-state index in [1.807, 2.05) is 6.92 Å². The molecule has 1 unspecified atom stereocenters. The number of ether oxygens (including phenoxy) is 1. The van der Waals surface area contributed by atoms with Gasteiger partial charge in [-0.2, -0.15) is 0 Å². The first kappa shape index (κ1) is 14.9. The first-order valence-corrected chi connectivity index (χ1v) is 7.49. The van der Waals surface area contributed by atoms with Crippen molar-refractivity contribution < 1.29 is 9.13 Å². The largest absolute Gasteiger partial charge is 0.490 e. The number of nitrogen functional groups attached to an aromatic ring is 1. The van der Waals surface area contributed by atoms with E-state index in [-0.39, 0.29) is 5.82 Å². The Morgan fingerprint density at radius 1 is 1.45 bits per heavy atom. The zero-order valence-corrected chi connectivity index (χ0v) is 12.7. The number of benzene rings is 1. The molecule has 112 valence electrons. The first-order valence-electron chi connectivity index (χ1n) is 7.49. The van der Waals surface area contributed by atoms with Crippen LogP contribution in [0.3, 0.4) is 0 Å². The van der Waals surface area contributed by atoms with Gasteiger partial charge >= 0.3 is 0 Å². The van der Waals surface area contributed by atoms with Gasteiger partial charge in [-0.25, -0.2) is 4.39 Å². The number of hydrogen-bond donors (Lipinski definition) is 1. The molecule has 0 bridgehead atoms. The normalized spacial score (nSPS) is 18.9. The fourth-order valence-corrected chi connectivity index (χ4v) is 2.70. The van der Waals surface area contributed by atoms with E-state index in [0.29, 0.717) is 29.9 Å². The first-order chi connectivity index (χ1) is 9.52. The van der Waals surface area contributed by atoms with Crippen molar-refractivity contribution in [2.45, 2.75) is 33.6 Å². The lowest BCUT2D eigenvalue weighted by Crippen LogP contribution is -2.22. The van der Waals surface area contributed by atoms with Gasteiger partial charge in [0.25, 0.3) is 0 Å². The quantitative estimate of drug-likeness (QED) is 0.836. The summed E-state index contributed by atoms with van der Waals surface area (Å²) in [5.41, 5.74) is 7.38. The van der Waals surface area contributed by atoms with Gasteiger partial charge in [-0.1, -0.05) is 20.8 Å². The molecule has 0 aliphatic carbocycles. The van der Waals surface area contributed by atoms with E-state index in [0.717, 1.165) is 25.2 Å². The second-order valence-corrected chi connectivity index (χ2v) is 5.93. The summed E-state index contributed by atoms with van der Waals surface area (Å²) >= 11 is 0.